The van der Waals surface area contributed by atoms with Crippen molar-refractivity contribution in [3.05, 3.63) is 59.9 Å². The molecule has 0 fully saturated rings. The Hall–Kier alpha value is -2.50. The Kier molecular flexibility index (Phi) is 3.65. The van der Waals surface area contributed by atoms with Gasteiger partial charge in [-0.1, -0.05) is 0 Å². The number of alkyl halides is 3. The standard InChI is InChI=1S/C14H10F3NO2/c15-14(16,17)10-3-5-12(6-4-10)18-9-1-2-11(18)7-8-13(19)20/h1-9H,(H,19,20)/b8-7+. The largest absolute Gasteiger partial charge is 0.478 e. The molecule has 1 N–H and O–H groups in total. The van der Waals surface area contributed by atoms with E-state index in [1.54, 1.807) is 22.9 Å². The maximum Gasteiger partial charge on any atom is 0.416 e. The lowest BCUT2D eigenvalue weighted by Crippen LogP contribution is -2.05. The Morgan fingerprint density at radius 2 is 1.80 bits per heavy atom. The second kappa shape index (κ2) is 5.24. The Labute approximate surface area is 112 Å². The van der Waals surface area contributed by atoms with Crippen LogP contribution in [0.5, 0.6) is 0 Å². The van der Waals surface area contributed by atoms with E-state index >= 15 is 0 Å². The second-order valence-corrected chi connectivity index (χ2v) is 4.02. The minimum absolute atomic E-state index is 0.521. The van der Waals surface area contributed by atoms with Crippen molar-refractivity contribution in [2.75, 3.05) is 0 Å². The van der Waals surface area contributed by atoms with Crippen LogP contribution in [-0.2, 0) is 11.0 Å². The van der Waals surface area contributed by atoms with Crippen LogP contribution in [-0.4, -0.2) is 15.6 Å². The van der Waals surface area contributed by atoms with Crippen LogP contribution in [0, 0.1) is 0 Å². The number of nitrogens with zero attached hydrogens (tertiary/aromatic N) is 1. The Morgan fingerprint density at radius 3 is 2.35 bits per heavy atom. The van der Waals surface area contributed by atoms with Crippen molar-refractivity contribution in [2.45, 2.75) is 6.18 Å². The first kappa shape index (κ1) is 13.9. The van der Waals surface area contributed by atoms with Gasteiger partial charge in [-0.2, -0.15) is 13.2 Å². The summed E-state index contributed by atoms with van der Waals surface area (Å²) in [6, 6.07) is 7.98. The third-order valence-electron chi connectivity index (χ3n) is 2.65. The normalized spacial score (nSPS) is 11.9. The molecule has 0 amide bonds. The second-order valence-electron chi connectivity index (χ2n) is 4.02. The number of aromatic nitrogens is 1. The zero-order valence-corrected chi connectivity index (χ0v) is 10.1. The first-order valence-electron chi connectivity index (χ1n) is 5.64. The summed E-state index contributed by atoms with van der Waals surface area (Å²) in [6.45, 7) is 0. The molecule has 2 aromatic rings. The van der Waals surface area contributed by atoms with Crippen LogP contribution >= 0.6 is 0 Å². The van der Waals surface area contributed by atoms with E-state index in [1.807, 2.05) is 0 Å². The van der Waals surface area contributed by atoms with Gasteiger partial charge in [0.2, 0.25) is 0 Å². The average Bonchev–Trinajstić information content (AvgIpc) is 2.83. The van der Waals surface area contributed by atoms with Crippen LogP contribution in [0.2, 0.25) is 0 Å². The van der Waals surface area contributed by atoms with Gasteiger partial charge in [-0.3, -0.25) is 0 Å². The van der Waals surface area contributed by atoms with E-state index in [2.05, 4.69) is 0 Å². The fraction of sp³-hybridized carbons (Fsp3) is 0.0714. The molecule has 0 saturated heterocycles. The van der Waals surface area contributed by atoms with Crippen LogP contribution in [0.3, 0.4) is 0 Å². The van der Waals surface area contributed by atoms with Gasteiger partial charge in [0, 0.05) is 23.7 Å². The van der Waals surface area contributed by atoms with Crippen LogP contribution in [0.25, 0.3) is 11.8 Å². The number of carboxylic acid groups (broad SMARTS) is 1. The summed E-state index contributed by atoms with van der Waals surface area (Å²) in [5.74, 6) is -1.09. The number of aliphatic carboxylic acids is 1. The number of carboxylic acids is 1. The molecule has 1 heterocycles. The average molecular weight is 281 g/mol. The fourth-order valence-electron chi connectivity index (χ4n) is 1.73. The van der Waals surface area contributed by atoms with Crippen molar-refractivity contribution < 1.29 is 23.1 Å². The van der Waals surface area contributed by atoms with Crippen molar-refractivity contribution >= 4 is 12.0 Å². The fourth-order valence-corrected chi connectivity index (χ4v) is 1.73. The van der Waals surface area contributed by atoms with Crippen molar-refractivity contribution in [2.24, 2.45) is 0 Å². The molecule has 3 nitrogen and oxygen atoms in total. The van der Waals surface area contributed by atoms with Gasteiger partial charge in [0.25, 0.3) is 0 Å². The van der Waals surface area contributed by atoms with Crippen LogP contribution in [0.1, 0.15) is 11.3 Å². The van der Waals surface area contributed by atoms with E-state index < -0.39 is 17.7 Å². The molecule has 0 aliphatic rings. The van der Waals surface area contributed by atoms with Gasteiger partial charge < -0.3 is 9.67 Å². The number of carbonyl (C=O) groups is 1. The molecule has 0 aliphatic carbocycles. The summed E-state index contributed by atoms with van der Waals surface area (Å²) in [7, 11) is 0. The van der Waals surface area contributed by atoms with Gasteiger partial charge in [0.05, 0.1) is 5.56 Å². The highest BCUT2D eigenvalue weighted by atomic mass is 19.4. The summed E-state index contributed by atoms with van der Waals surface area (Å²) in [6.07, 6.45) is -0.388. The molecular formula is C14H10F3NO2. The lowest BCUT2D eigenvalue weighted by atomic mass is 10.2. The van der Waals surface area contributed by atoms with Gasteiger partial charge in [-0.05, 0) is 42.5 Å². The molecule has 1 aromatic carbocycles. The molecule has 1 aromatic heterocycles. The molecule has 0 bridgehead atoms. The van der Waals surface area contributed by atoms with Gasteiger partial charge >= 0.3 is 12.1 Å². The summed E-state index contributed by atoms with van der Waals surface area (Å²) in [5.41, 5.74) is 0.358. The Bertz CT molecular complexity index is 639. The molecular weight excluding hydrogens is 271 g/mol. The SMILES string of the molecule is O=C(O)/C=C/c1cccn1-c1ccc(C(F)(F)F)cc1. The molecule has 0 radical (unpaired) electrons. The Balaban J connectivity index is 2.33. The summed E-state index contributed by atoms with van der Waals surface area (Å²) >= 11 is 0. The first-order chi connectivity index (χ1) is 9.38. The maximum absolute atomic E-state index is 12.5. The van der Waals surface area contributed by atoms with Gasteiger partial charge in [0.15, 0.2) is 0 Å². The van der Waals surface area contributed by atoms with Crippen molar-refractivity contribution in [3.63, 3.8) is 0 Å². The predicted molar refractivity (Wildman–Crippen MR) is 67.4 cm³/mol. The minimum Gasteiger partial charge on any atom is -0.478 e. The number of benzene rings is 1. The zero-order chi connectivity index (χ0) is 14.8. The van der Waals surface area contributed by atoms with E-state index in [0.29, 0.717) is 11.4 Å². The van der Waals surface area contributed by atoms with Crippen molar-refractivity contribution in [1.82, 2.24) is 4.57 Å². The van der Waals surface area contributed by atoms with Crippen LogP contribution < -0.4 is 0 Å². The minimum atomic E-state index is -4.37. The van der Waals surface area contributed by atoms with Gasteiger partial charge in [0.1, 0.15) is 0 Å². The predicted octanol–water partition coefficient (Wildman–Crippen LogP) is 3.59. The molecule has 0 unspecified atom stereocenters. The molecule has 0 spiro atoms. The summed E-state index contributed by atoms with van der Waals surface area (Å²) in [5, 5.41) is 8.58. The first-order valence-corrected chi connectivity index (χ1v) is 5.64. The molecule has 104 valence electrons. The van der Waals surface area contributed by atoms with E-state index in [1.165, 1.54) is 18.2 Å². The van der Waals surface area contributed by atoms with Gasteiger partial charge in [-0.15, -0.1) is 0 Å². The molecule has 0 aliphatic heterocycles. The number of halogens is 3. The molecule has 20 heavy (non-hydrogen) atoms. The van der Waals surface area contributed by atoms with Crippen LogP contribution in [0.4, 0.5) is 13.2 Å². The highest BCUT2D eigenvalue weighted by Gasteiger charge is 2.29. The maximum atomic E-state index is 12.5. The van der Waals surface area contributed by atoms with E-state index in [4.69, 9.17) is 5.11 Å². The van der Waals surface area contributed by atoms with Crippen molar-refractivity contribution in [1.29, 1.82) is 0 Å². The molecule has 0 atom stereocenters. The van der Waals surface area contributed by atoms with E-state index in [-0.39, 0.29) is 0 Å². The zero-order valence-electron chi connectivity index (χ0n) is 10.1. The highest BCUT2D eigenvalue weighted by Crippen LogP contribution is 2.29. The lowest BCUT2D eigenvalue weighted by Gasteiger charge is -2.09. The number of rotatable bonds is 3. The van der Waals surface area contributed by atoms with Crippen molar-refractivity contribution in [3.8, 4) is 5.69 Å². The van der Waals surface area contributed by atoms with E-state index in [0.717, 1.165) is 18.2 Å². The molecule has 6 heteroatoms. The third kappa shape index (κ3) is 3.09. The third-order valence-corrected chi connectivity index (χ3v) is 2.65. The molecule has 0 saturated carbocycles. The monoisotopic (exact) mass is 281 g/mol. The number of hydrogen-bond acceptors (Lipinski definition) is 1. The Morgan fingerprint density at radius 1 is 1.15 bits per heavy atom. The number of hydrogen-bond donors (Lipinski definition) is 1. The highest BCUT2D eigenvalue weighted by molar-refractivity contribution is 5.85. The summed E-state index contributed by atoms with van der Waals surface area (Å²) < 4.78 is 39.0. The lowest BCUT2D eigenvalue weighted by molar-refractivity contribution is -0.137. The van der Waals surface area contributed by atoms with Crippen LogP contribution in [0.15, 0.2) is 48.7 Å². The van der Waals surface area contributed by atoms with Gasteiger partial charge in [-0.25, -0.2) is 4.79 Å². The topological polar surface area (TPSA) is 42.2 Å². The van der Waals surface area contributed by atoms with E-state index in [9.17, 15) is 18.0 Å². The molecule has 2 rings (SSSR count). The smallest absolute Gasteiger partial charge is 0.416 e. The quantitative estimate of drug-likeness (QED) is 0.873. The summed E-state index contributed by atoms with van der Waals surface area (Å²) in [4.78, 5) is 10.5.